The Balaban J connectivity index is 1.42. The van der Waals surface area contributed by atoms with Crippen molar-refractivity contribution in [2.24, 2.45) is 11.8 Å². The molecule has 2 atom stereocenters. The van der Waals surface area contributed by atoms with Gasteiger partial charge >= 0.3 is 0 Å². The van der Waals surface area contributed by atoms with Gasteiger partial charge in [-0.15, -0.1) is 0 Å². The summed E-state index contributed by atoms with van der Waals surface area (Å²) in [6.07, 6.45) is 15.0. The quantitative estimate of drug-likeness (QED) is 0.423. The molecule has 0 saturated heterocycles. The maximum Gasteiger partial charge on any atom is 0.230 e. The summed E-state index contributed by atoms with van der Waals surface area (Å²) in [5.74, 6) is 0.870. The summed E-state index contributed by atoms with van der Waals surface area (Å²) in [7, 11) is 0. The Bertz CT molecular complexity index is 900. The number of anilines is 2. The average molecular weight is 487 g/mol. The van der Waals surface area contributed by atoms with Gasteiger partial charge in [-0.1, -0.05) is 74.9 Å². The molecule has 4 heteroatoms. The second kappa shape index (κ2) is 12.1. The lowest BCUT2D eigenvalue weighted by Crippen LogP contribution is -2.52. The number of carbonyl (C=O) groups is 2. The van der Waals surface area contributed by atoms with Crippen LogP contribution in [-0.2, 0) is 9.59 Å². The largest absolute Gasteiger partial charge is 0.309 e. The Kier molecular flexibility index (Phi) is 8.40. The third kappa shape index (κ3) is 5.68. The molecule has 0 heterocycles. The Labute approximate surface area is 217 Å². The topological polar surface area (TPSA) is 40.6 Å². The van der Waals surface area contributed by atoms with Crippen molar-refractivity contribution in [1.29, 1.82) is 0 Å². The van der Waals surface area contributed by atoms with Crippen LogP contribution in [0.15, 0.2) is 60.7 Å². The summed E-state index contributed by atoms with van der Waals surface area (Å²) in [6.45, 7) is 0. The standard InChI is InChI=1S/C32H42N2O2/c35-31(25-14-5-1-6-15-25)33(27-18-9-3-10-19-27)29-22-13-23-30(24-29)34(28-20-11-4-12-21-28)32(36)26-16-7-2-8-17-26/h3-4,9-12,18-21,25-26,29-30H,1-2,5-8,13-17,22-24H2. The highest BCUT2D eigenvalue weighted by atomic mass is 16.2. The highest BCUT2D eigenvalue weighted by Crippen LogP contribution is 2.37. The number of rotatable bonds is 6. The van der Waals surface area contributed by atoms with Gasteiger partial charge in [0, 0.05) is 35.3 Å². The first kappa shape index (κ1) is 25.0. The van der Waals surface area contributed by atoms with Crippen LogP contribution in [0.25, 0.3) is 0 Å². The van der Waals surface area contributed by atoms with Crippen LogP contribution in [-0.4, -0.2) is 23.9 Å². The lowest BCUT2D eigenvalue weighted by molar-refractivity contribution is -0.124. The zero-order valence-electron chi connectivity index (χ0n) is 21.7. The van der Waals surface area contributed by atoms with Crippen molar-refractivity contribution in [2.75, 3.05) is 9.80 Å². The molecule has 0 radical (unpaired) electrons. The van der Waals surface area contributed by atoms with E-state index in [0.717, 1.165) is 88.4 Å². The minimum Gasteiger partial charge on any atom is -0.309 e. The molecule has 3 fully saturated rings. The van der Waals surface area contributed by atoms with Gasteiger partial charge in [-0.3, -0.25) is 9.59 Å². The number of para-hydroxylation sites is 2. The van der Waals surface area contributed by atoms with Gasteiger partial charge in [-0.2, -0.15) is 0 Å². The highest BCUT2D eigenvalue weighted by molar-refractivity contribution is 5.97. The van der Waals surface area contributed by atoms with Crippen LogP contribution in [0.4, 0.5) is 11.4 Å². The van der Waals surface area contributed by atoms with Crippen LogP contribution < -0.4 is 9.80 Å². The normalized spacial score (nSPS) is 23.7. The fourth-order valence-electron chi connectivity index (χ4n) is 6.91. The molecule has 2 unspecified atom stereocenters. The van der Waals surface area contributed by atoms with E-state index < -0.39 is 0 Å². The maximum atomic E-state index is 14.0. The maximum absolute atomic E-state index is 14.0. The van der Waals surface area contributed by atoms with Crippen molar-refractivity contribution >= 4 is 23.2 Å². The van der Waals surface area contributed by atoms with Gasteiger partial charge in [0.25, 0.3) is 0 Å². The molecule has 0 spiro atoms. The molecule has 4 nitrogen and oxygen atoms in total. The van der Waals surface area contributed by atoms with E-state index in [9.17, 15) is 9.59 Å². The van der Waals surface area contributed by atoms with Crippen molar-refractivity contribution < 1.29 is 9.59 Å². The van der Waals surface area contributed by atoms with Crippen molar-refractivity contribution in [3.05, 3.63) is 60.7 Å². The fourth-order valence-corrected chi connectivity index (χ4v) is 6.91. The average Bonchev–Trinajstić information content (AvgIpc) is 2.96. The molecule has 0 bridgehead atoms. The van der Waals surface area contributed by atoms with E-state index in [4.69, 9.17) is 0 Å². The van der Waals surface area contributed by atoms with Crippen molar-refractivity contribution in [1.82, 2.24) is 0 Å². The number of carbonyl (C=O) groups excluding carboxylic acids is 2. The van der Waals surface area contributed by atoms with Crippen LogP contribution in [0.3, 0.4) is 0 Å². The van der Waals surface area contributed by atoms with E-state index in [1.54, 1.807) is 0 Å². The number of benzene rings is 2. The van der Waals surface area contributed by atoms with Crippen molar-refractivity contribution in [2.45, 2.75) is 102 Å². The Morgan fingerprint density at radius 2 is 0.889 bits per heavy atom. The Hall–Kier alpha value is -2.62. The zero-order valence-corrected chi connectivity index (χ0v) is 21.7. The second-order valence-electron chi connectivity index (χ2n) is 11.2. The third-order valence-corrected chi connectivity index (χ3v) is 8.80. The Morgan fingerprint density at radius 3 is 1.28 bits per heavy atom. The number of amides is 2. The fraction of sp³-hybridized carbons (Fsp3) is 0.562. The van der Waals surface area contributed by atoms with Gasteiger partial charge in [0.1, 0.15) is 0 Å². The first-order chi connectivity index (χ1) is 17.7. The predicted molar refractivity (Wildman–Crippen MR) is 147 cm³/mol. The van der Waals surface area contributed by atoms with E-state index in [-0.39, 0.29) is 23.9 Å². The Morgan fingerprint density at radius 1 is 0.500 bits per heavy atom. The molecule has 2 amide bonds. The monoisotopic (exact) mass is 486 g/mol. The van der Waals surface area contributed by atoms with E-state index in [2.05, 4.69) is 34.1 Å². The van der Waals surface area contributed by atoms with Gasteiger partial charge < -0.3 is 9.80 Å². The molecule has 3 aliphatic rings. The summed E-state index contributed by atoms with van der Waals surface area (Å²) in [4.78, 5) is 32.2. The first-order valence-corrected chi connectivity index (χ1v) is 14.5. The number of hydrogen-bond acceptors (Lipinski definition) is 2. The molecule has 0 aromatic heterocycles. The minimum absolute atomic E-state index is 0.131. The van der Waals surface area contributed by atoms with Crippen LogP contribution in [0.2, 0.25) is 0 Å². The van der Waals surface area contributed by atoms with E-state index >= 15 is 0 Å². The number of nitrogens with zero attached hydrogens (tertiary/aromatic N) is 2. The zero-order chi connectivity index (χ0) is 24.7. The summed E-state index contributed by atoms with van der Waals surface area (Å²) in [5.41, 5.74) is 2.03. The van der Waals surface area contributed by atoms with Gasteiger partial charge in [-0.05, 0) is 75.6 Å². The molecule has 3 saturated carbocycles. The van der Waals surface area contributed by atoms with Gasteiger partial charge in [0.2, 0.25) is 11.8 Å². The highest BCUT2D eigenvalue weighted by Gasteiger charge is 2.39. The predicted octanol–water partition coefficient (Wildman–Crippen LogP) is 7.52. The van der Waals surface area contributed by atoms with Crippen LogP contribution in [0, 0.1) is 11.8 Å². The minimum atomic E-state index is 0.131. The lowest BCUT2D eigenvalue weighted by atomic mass is 9.83. The van der Waals surface area contributed by atoms with Gasteiger partial charge in [0.05, 0.1) is 0 Å². The lowest BCUT2D eigenvalue weighted by Gasteiger charge is -2.44. The molecule has 5 rings (SSSR count). The summed E-state index contributed by atoms with van der Waals surface area (Å²) in [5, 5.41) is 0. The third-order valence-electron chi connectivity index (χ3n) is 8.80. The van der Waals surface area contributed by atoms with Gasteiger partial charge in [0.15, 0.2) is 0 Å². The molecular formula is C32H42N2O2. The summed E-state index contributed by atoms with van der Waals surface area (Å²) in [6, 6.07) is 20.8. The SMILES string of the molecule is O=C(C1CCCCC1)N(c1ccccc1)C1CCCC(N(C(=O)C2CCCCC2)c2ccccc2)C1. The molecule has 0 aliphatic heterocycles. The van der Waals surface area contributed by atoms with Crippen LogP contribution in [0.5, 0.6) is 0 Å². The molecule has 2 aromatic carbocycles. The van der Waals surface area contributed by atoms with Crippen molar-refractivity contribution in [3.8, 4) is 0 Å². The molecule has 192 valence electrons. The summed E-state index contributed by atoms with van der Waals surface area (Å²) >= 11 is 0. The van der Waals surface area contributed by atoms with E-state index in [0.29, 0.717) is 11.8 Å². The molecule has 2 aromatic rings. The van der Waals surface area contributed by atoms with E-state index in [1.807, 2.05) is 36.4 Å². The second-order valence-corrected chi connectivity index (χ2v) is 11.2. The van der Waals surface area contributed by atoms with Crippen molar-refractivity contribution in [3.63, 3.8) is 0 Å². The van der Waals surface area contributed by atoms with Gasteiger partial charge in [-0.25, -0.2) is 0 Å². The molecule has 0 N–H and O–H groups in total. The van der Waals surface area contributed by atoms with Crippen LogP contribution in [0.1, 0.15) is 89.9 Å². The molecule has 3 aliphatic carbocycles. The molecular weight excluding hydrogens is 444 g/mol. The summed E-state index contributed by atoms with van der Waals surface area (Å²) < 4.78 is 0. The molecule has 36 heavy (non-hydrogen) atoms. The smallest absolute Gasteiger partial charge is 0.230 e. The van der Waals surface area contributed by atoms with E-state index in [1.165, 1.54) is 12.8 Å². The number of hydrogen-bond donors (Lipinski definition) is 0. The van der Waals surface area contributed by atoms with Crippen LogP contribution >= 0.6 is 0 Å². The first-order valence-electron chi connectivity index (χ1n) is 14.5.